The quantitative estimate of drug-likeness (QED) is 0.768. The number of carbonyl (C=O) groups is 2. The fourth-order valence-corrected chi connectivity index (χ4v) is 2.61. The molecular weight excluding hydrogens is 284 g/mol. The van der Waals surface area contributed by atoms with Crippen molar-refractivity contribution in [3.8, 4) is 11.8 Å². The van der Waals surface area contributed by atoms with E-state index in [2.05, 4.69) is 11.5 Å². The molecular formula is C15H18N4O3. The minimum absolute atomic E-state index is 0.352. The monoisotopic (exact) mass is 302 g/mol. The molecule has 0 aliphatic carbocycles. The van der Waals surface area contributed by atoms with E-state index < -0.39 is 17.7 Å². The number of nitrogens with one attached hydrogen (secondary N) is 1. The van der Waals surface area contributed by atoms with Crippen LogP contribution in [0.4, 0.5) is 4.79 Å². The lowest BCUT2D eigenvalue weighted by Crippen LogP contribution is -2.52. The fourth-order valence-electron chi connectivity index (χ4n) is 2.61. The van der Waals surface area contributed by atoms with E-state index in [1.807, 2.05) is 13.8 Å². The summed E-state index contributed by atoms with van der Waals surface area (Å²) in [7, 11) is 0. The number of carbonyl (C=O) groups excluding carboxylic acids is 2. The van der Waals surface area contributed by atoms with Crippen LogP contribution in [0.5, 0.6) is 5.75 Å². The normalized spacial score (nSPS) is 18.4. The van der Waals surface area contributed by atoms with E-state index in [-0.39, 0.29) is 5.91 Å². The van der Waals surface area contributed by atoms with Crippen molar-refractivity contribution in [1.82, 2.24) is 10.4 Å². The van der Waals surface area contributed by atoms with Gasteiger partial charge in [-0.3, -0.25) is 4.79 Å². The number of nitrogens with two attached hydrogens (primary N) is 1. The molecule has 1 aromatic carbocycles. The summed E-state index contributed by atoms with van der Waals surface area (Å²) in [6, 6.07) is 5.78. The maximum atomic E-state index is 11.9. The molecule has 0 fully saturated rings. The summed E-state index contributed by atoms with van der Waals surface area (Å²) in [5.41, 5.74) is 8.10. The SMILES string of the molecule is CC(=O)N(NC(N)=O)C1CC(C)(C)Oc2ccc(C#N)cc21. The van der Waals surface area contributed by atoms with Gasteiger partial charge in [-0.05, 0) is 32.0 Å². The minimum Gasteiger partial charge on any atom is -0.487 e. The molecule has 1 atom stereocenters. The van der Waals surface area contributed by atoms with E-state index in [0.717, 1.165) is 0 Å². The van der Waals surface area contributed by atoms with E-state index >= 15 is 0 Å². The molecule has 116 valence electrons. The molecule has 1 aromatic rings. The van der Waals surface area contributed by atoms with Crippen molar-refractivity contribution in [3.63, 3.8) is 0 Å². The summed E-state index contributed by atoms with van der Waals surface area (Å²) < 4.78 is 5.89. The fraction of sp³-hybridized carbons (Fsp3) is 0.400. The molecule has 2 rings (SSSR count). The van der Waals surface area contributed by atoms with Gasteiger partial charge in [0.2, 0.25) is 5.91 Å². The van der Waals surface area contributed by atoms with Crippen LogP contribution in [0.2, 0.25) is 0 Å². The molecule has 0 bridgehead atoms. The molecule has 1 aliphatic heterocycles. The molecule has 1 unspecified atom stereocenters. The third-order valence-electron chi connectivity index (χ3n) is 3.45. The standard InChI is InChI=1S/C15H18N4O3/c1-9(20)19(18-14(17)21)12-7-15(2,3)22-13-5-4-10(8-16)6-11(12)13/h4-6,12H,7H2,1-3H3,(H3,17,18,21). The topological polar surface area (TPSA) is 108 Å². The van der Waals surface area contributed by atoms with Gasteiger partial charge in [-0.25, -0.2) is 15.2 Å². The smallest absolute Gasteiger partial charge is 0.331 e. The maximum absolute atomic E-state index is 11.9. The predicted molar refractivity (Wildman–Crippen MR) is 78.5 cm³/mol. The highest BCUT2D eigenvalue weighted by Crippen LogP contribution is 2.42. The Kier molecular flexibility index (Phi) is 3.95. The zero-order valence-electron chi connectivity index (χ0n) is 12.7. The number of hydrogen-bond acceptors (Lipinski definition) is 4. The highest BCUT2D eigenvalue weighted by molar-refractivity contribution is 5.79. The van der Waals surface area contributed by atoms with Crippen LogP contribution in [-0.4, -0.2) is 22.5 Å². The van der Waals surface area contributed by atoms with Crippen LogP contribution < -0.4 is 15.9 Å². The molecule has 1 heterocycles. The lowest BCUT2D eigenvalue weighted by molar-refractivity contribution is -0.135. The summed E-state index contributed by atoms with van der Waals surface area (Å²) in [4.78, 5) is 23.1. The van der Waals surface area contributed by atoms with Gasteiger partial charge in [-0.15, -0.1) is 0 Å². The van der Waals surface area contributed by atoms with Crippen LogP contribution in [0.1, 0.15) is 44.4 Å². The van der Waals surface area contributed by atoms with Crippen molar-refractivity contribution in [2.45, 2.75) is 38.8 Å². The molecule has 3 N–H and O–H groups in total. The maximum Gasteiger partial charge on any atom is 0.331 e. The number of urea groups is 1. The first-order chi connectivity index (χ1) is 10.2. The second-order valence-electron chi connectivity index (χ2n) is 5.81. The van der Waals surface area contributed by atoms with E-state index in [9.17, 15) is 9.59 Å². The van der Waals surface area contributed by atoms with Gasteiger partial charge in [-0.1, -0.05) is 0 Å². The predicted octanol–water partition coefficient (Wildman–Crippen LogP) is 1.59. The number of amides is 3. The van der Waals surface area contributed by atoms with Gasteiger partial charge in [0.15, 0.2) is 0 Å². The van der Waals surface area contributed by atoms with Gasteiger partial charge < -0.3 is 10.5 Å². The van der Waals surface area contributed by atoms with Gasteiger partial charge in [0, 0.05) is 18.9 Å². The first-order valence-corrected chi connectivity index (χ1v) is 6.82. The summed E-state index contributed by atoms with van der Waals surface area (Å²) in [6.45, 7) is 5.12. The second kappa shape index (κ2) is 5.56. The van der Waals surface area contributed by atoms with Crippen LogP contribution >= 0.6 is 0 Å². The Morgan fingerprint density at radius 1 is 1.50 bits per heavy atom. The second-order valence-corrected chi connectivity index (χ2v) is 5.81. The van der Waals surface area contributed by atoms with E-state index in [4.69, 9.17) is 15.7 Å². The molecule has 7 heteroatoms. The lowest BCUT2D eigenvalue weighted by atomic mass is 9.88. The van der Waals surface area contributed by atoms with E-state index in [0.29, 0.717) is 23.3 Å². The van der Waals surface area contributed by atoms with Gasteiger partial charge in [-0.2, -0.15) is 5.26 Å². The molecule has 0 aromatic heterocycles. The Balaban J connectivity index is 2.52. The number of rotatable bonds is 1. The molecule has 1 aliphatic rings. The average molecular weight is 302 g/mol. The summed E-state index contributed by atoms with van der Waals surface area (Å²) in [5.74, 6) is 0.229. The van der Waals surface area contributed by atoms with Crippen LogP contribution in [0.15, 0.2) is 18.2 Å². The van der Waals surface area contributed by atoms with Crippen LogP contribution in [0, 0.1) is 11.3 Å². The Hall–Kier alpha value is -2.75. The molecule has 3 amide bonds. The van der Waals surface area contributed by atoms with Gasteiger partial charge >= 0.3 is 6.03 Å². The molecule has 0 spiro atoms. The highest BCUT2D eigenvalue weighted by Gasteiger charge is 2.38. The van der Waals surface area contributed by atoms with Gasteiger partial charge in [0.1, 0.15) is 11.4 Å². The van der Waals surface area contributed by atoms with Crippen molar-refractivity contribution in [2.24, 2.45) is 5.73 Å². The molecule has 0 radical (unpaired) electrons. The summed E-state index contributed by atoms with van der Waals surface area (Å²) in [6.07, 6.45) is 0.453. The molecule has 22 heavy (non-hydrogen) atoms. The number of ether oxygens (including phenoxy) is 1. The van der Waals surface area contributed by atoms with Crippen molar-refractivity contribution >= 4 is 11.9 Å². The highest BCUT2D eigenvalue weighted by atomic mass is 16.5. The third-order valence-corrected chi connectivity index (χ3v) is 3.45. The first kappa shape index (κ1) is 15.6. The van der Waals surface area contributed by atoms with E-state index in [1.54, 1.807) is 18.2 Å². The van der Waals surface area contributed by atoms with Crippen molar-refractivity contribution < 1.29 is 14.3 Å². The van der Waals surface area contributed by atoms with Gasteiger partial charge in [0.05, 0.1) is 17.7 Å². The number of primary amides is 1. The zero-order chi connectivity index (χ0) is 16.5. The van der Waals surface area contributed by atoms with Crippen LogP contribution in [0.3, 0.4) is 0 Å². The Morgan fingerprint density at radius 2 is 2.18 bits per heavy atom. The van der Waals surface area contributed by atoms with Crippen molar-refractivity contribution in [2.75, 3.05) is 0 Å². The number of fused-ring (bicyclic) bond motifs is 1. The zero-order valence-corrected chi connectivity index (χ0v) is 12.7. The van der Waals surface area contributed by atoms with Crippen molar-refractivity contribution in [3.05, 3.63) is 29.3 Å². The molecule has 7 nitrogen and oxygen atoms in total. The Labute approximate surface area is 128 Å². The lowest BCUT2D eigenvalue weighted by Gasteiger charge is -2.41. The average Bonchev–Trinajstić information content (AvgIpc) is 2.42. The number of benzene rings is 1. The largest absolute Gasteiger partial charge is 0.487 e. The first-order valence-electron chi connectivity index (χ1n) is 6.82. The Morgan fingerprint density at radius 3 is 2.73 bits per heavy atom. The number of nitrogens with zero attached hydrogens (tertiary/aromatic N) is 2. The van der Waals surface area contributed by atoms with E-state index in [1.165, 1.54) is 11.9 Å². The number of hydrazine groups is 1. The van der Waals surface area contributed by atoms with Crippen LogP contribution in [-0.2, 0) is 4.79 Å². The van der Waals surface area contributed by atoms with Crippen LogP contribution in [0.25, 0.3) is 0 Å². The minimum atomic E-state index is -0.822. The van der Waals surface area contributed by atoms with Gasteiger partial charge in [0.25, 0.3) is 0 Å². The Bertz CT molecular complexity index is 663. The number of nitriles is 1. The summed E-state index contributed by atoms with van der Waals surface area (Å²) >= 11 is 0. The van der Waals surface area contributed by atoms with Crippen molar-refractivity contribution in [1.29, 1.82) is 5.26 Å². The summed E-state index contributed by atoms with van der Waals surface area (Å²) in [5, 5.41) is 10.2. The number of hydrogen-bond donors (Lipinski definition) is 2. The molecule has 0 saturated carbocycles. The third kappa shape index (κ3) is 3.11. The molecule has 0 saturated heterocycles.